The van der Waals surface area contributed by atoms with Crippen LogP contribution in [0.5, 0.6) is 5.75 Å². The highest BCUT2D eigenvalue weighted by Gasteiger charge is 2.21. The molecule has 70 valence electrons. The zero-order chi connectivity index (χ0) is 9.26. The van der Waals surface area contributed by atoms with Gasteiger partial charge in [-0.25, -0.2) is 0 Å². The summed E-state index contributed by atoms with van der Waals surface area (Å²) in [6.45, 7) is 0. The Morgan fingerprint density at radius 3 is 2.92 bits per heavy atom. The van der Waals surface area contributed by atoms with Gasteiger partial charge in [-0.2, -0.15) is 0 Å². The number of hydrogen-bond acceptors (Lipinski definition) is 3. The van der Waals surface area contributed by atoms with Crippen molar-refractivity contribution in [1.82, 2.24) is 0 Å². The van der Waals surface area contributed by atoms with Crippen LogP contribution in [0.15, 0.2) is 21.5 Å². The van der Waals surface area contributed by atoms with E-state index in [0.29, 0.717) is 18.1 Å². The molecule has 1 saturated carbocycles. The fourth-order valence-electron chi connectivity index (χ4n) is 1.55. The van der Waals surface area contributed by atoms with Crippen LogP contribution in [0.2, 0.25) is 0 Å². The van der Waals surface area contributed by atoms with E-state index in [2.05, 4.69) is 0 Å². The van der Waals surface area contributed by atoms with Gasteiger partial charge in [-0.05, 0) is 5.92 Å². The van der Waals surface area contributed by atoms with Crippen LogP contribution in [0.4, 0.5) is 0 Å². The fourth-order valence-corrected chi connectivity index (χ4v) is 1.55. The second-order valence-corrected chi connectivity index (χ2v) is 3.56. The summed E-state index contributed by atoms with van der Waals surface area (Å²) in [7, 11) is 0. The quantitative estimate of drug-likeness (QED) is 0.753. The maximum Gasteiger partial charge on any atom is 0.226 e. The molecule has 0 amide bonds. The molecule has 0 saturated heterocycles. The van der Waals surface area contributed by atoms with Gasteiger partial charge in [-0.1, -0.05) is 19.3 Å². The van der Waals surface area contributed by atoms with Crippen LogP contribution in [-0.4, -0.2) is 5.11 Å². The van der Waals surface area contributed by atoms with E-state index in [1.165, 1.54) is 31.6 Å². The van der Waals surface area contributed by atoms with Crippen molar-refractivity contribution in [3.63, 3.8) is 0 Å². The molecule has 3 heteroatoms. The second kappa shape index (κ2) is 3.24. The molecule has 1 aliphatic carbocycles. The summed E-state index contributed by atoms with van der Waals surface area (Å²) in [4.78, 5) is 11.0. The summed E-state index contributed by atoms with van der Waals surface area (Å²) in [5, 5.41) is 9.36. The van der Waals surface area contributed by atoms with Gasteiger partial charge < -0.3 is 9.52 Å². The Kier molecular flexibility index (Phi) is 2.08. The van der Waals surface area contributed by atoms with Crippen molar-refractivity contribution in [1.29, 1.82) is 0 Å². The predicted molar refractivity (Wildman–Crippen MR) is 47.7 cm³/mol. The van der Waals surface area contributed by atoms with E-state index in [9.17, 15) is 9.90 Å². The Labute approximate surface area is 76.0 Å². The lowest BCUT2D eigenvalue weighted by atomic mass is 9.82. The van der Waals surface area contributed by atoms with Crippen molar-refractivity contribution < 1.29 is 9.52 Å². The molecule has 0 radical (unpaired) electrons. The molecule has 1 heterocycles. The van der Waals surface area contributed by atoms with Crippen LogP contribution < -0.4 is 5.43 Å². The Balaban J connectivity index is 2.19. The van der Waals surface area contributed by atoms with Gasteiger partial charge in [0.25, 0.3) is 0 Å². The summed E-state index contributed by atoms with van der Waals surface area (Å²) in [5.74, 6) is 0.822. The first-order chi connectivity index (χ1) is 6.27. The van der Waals surface area contributed by atoms with Gasteiger partial charge in [0.1, 0.15) is 5.76 Å². The first kappa shape index (κ1) is 8.35. The van der Waals surface area contributed by atoms with E-state index >= 15 is 0 Å². The van der Waals surface area contributed by atoms with Gasteiger partial charge >= 0.3 is 0 Å². The third-order valence-corrected chi connectivity index (χ3v) is 2.63. The van der Waals surface area contributed by atoms with E-state index in [0.717, 1.165) is 0 Å². The van der Waals surface area contributed by atoms with Crippen LogP contribution in [-0.2, 0) is 6.42 Å². The van der Waals surface area contributed by atoms with Crippen LogP contribution in [0.1, 0.15) is 25.0 Å². The smallest absolute Gasteiger partial charge is 0.226 e. The molecule has 0 aliphatic heterocycles. The van der Waals surface area contributed by atoms with Crippen LogP contribution in [0.25, 0.3) is 0 Å². The first-order valence-corrected chi connectivity index (χ1v) is 4.57. The summed E-state index contributed by atoms with van der Waals surface area (Å²) >= 11 is 0. The number of rotatable bonds is 2. The van der Waals surface area contributed by atoms with Gasteiger partial charge in [0.05, 0.1) is 6.26 Å². The Bertz CT molecular complexity index is 349. The lowest BCUT2D eigenvalue weighted by molar-refractivity contribution is 0.282. The normalized spacial score (nSPS) is 16.9. The highest BCUT2D eigenvalue weighted by atomic mass is 16.4. The molecular formula is C10H12O3. The van der Waals surface area contributed by atoms with E-state index in [1.807, 2.05) is 0 Å². The fraction of sp³-hybridized carbons (Fsp3) is 0.500. The van der Waals surface area contributed by atoms with E-state index < -0.39 is 0 Å². The Hall–Kier alpha value is -1.25. The molecule has 1 N–H and O–H groups in total. The molecule has 1 aromatic heterocycles. The molecule has 1 aromatic rings. The minimum Gasteiger partial charge on any atom is -0.502 e. The molecule has 2 rings (SSSR count). The maximum absolute atomic E-state index is 11.0. The van der Waals surface area contributed by atoms with Crippen LogP contribution in [0.3, 0.4) is 0 Å². The van der Waals surface area contributed by atoms with Crippen molar-refractivity contribution in [2.45, 2.75) is 25.7 Å². The molecule has 0 atom stereocenters. The van der Waals surface area contributed by atoms with Crippen LogP contribution >= 0.6 is 0 Å². The average Bonchev–Trinajstić information content (AvgIpc) is 2.04. The third-order valence-electron chi connectivity index (χ3n) is 2.63. The van der Waals surface area contributed by atoms with Crippen molar-refractivity contribution >= 4 is 0 Å². The van der Waals surface area contributed by atoms with Gasteiger partial charge in [-0.15, -0.1) is 0 Å². The third kappa shape index (κ3) is 1.59. The molecule has 3 nitrogen and oxygen atoms in total. The summed E-state index contributed by atoms with van der Waals surface area (Å²) in [6, 6.07) is 1.24. The summed E-state index contributed by atoms with van der Waals surface area (Å²) in [5.41, 5.74) is -0.347. The summed E-state index contributed by atoms with van der Waals surface area (Å²) in [6.07, 6.45) is 5.65. The van der Waals surface area contributed by atoms with E-state index in [-0.39, 0.29) is 11.2 Å². The lowest BCUT2D eigenvalue weighted by Crippen LogP contribution is -2.15. The van der Waals surface area contributed by atoms with E-state index in [1.54, 1.807) is 0 Å². The standard InChI is InChI=1S/C10H12O3/c11-8-4-5-13-9(10(8)12)6-7-2-1-3-7/h4-5,7,12H,1-3,6H2. The lowest BCUT2D eigenvalue weighted by Gasteiger charge is -2.24. The van der Waals surface area contributed by atoms with Crippen molar-refractivity contribution in [3.05, 3.63) is 28.3 Å². The Morgan fingerprint density at radius 2 is 2.31 bits per heavy atom. The predicted octanol–water partition coefficient (Wildman–Crippen LogP) is 1.69. The molecule has 1 fully saturated rings. The molecule has 13 heavy (non-hydrogen) atoms. The zero-order valence-corrected chi connectivity index (χ0v) is 7.32. The van der Waals surface area contributed by atoms with Gasteiger partial charge in [0.2, 0.25) is 11.2 Å². The monoisotopic (exact) mass is 180 g/mol. The Morgan fingerprint density at radius 1 is 1.54 bits per heavy atom. The highest BCUT2D eigenvalue weighted by Crippen LogP contribution is 2.31. The number of aromatic hydroxyl groups is 1. The van der Waals surface area contributed by atoms with Crippen LogP contribution in [0, 0.1) is 5.92 Å². The number of hydrogen-bond donors (Lipinski definition) is 1. The van der Waals surface area contributed by atoms with Crippen molar-refractivity contribution in [2.75, 3.05) is 0 Å². The molecule has 0 bridgehead atoms. The minimum atomic E-state index is -0.347. The molecular weight excluding hydrogens is 168 g/mol. The molecule has 0 unspecified atom stereocenters. The average molecular weight is 180 g/mol. The van der Waals surface area contributed by atoms with Gasteiger partial charge in [-0.3, -0.25) is 4.79 Å². The molecule has 0 aromatic carbocycles. The second-order valence-electron chi connectivity index (χ2n) is 3.56. The van der Waals surface area contributed by atoms with E-state index in [4.69, 9.17) is 4.42 Å². The SMILES string of the molecule is O=c1ccoc(CC2CCC2)c1O. The highest BCUT2D eigenvalue weighted by molar-refractivity contribution is 5.23. The molecule has 0 spiro atoms. The van der Waals surface area contributed by atoms with Crippen molar-refractivity contribution in [2.24, 2.45) is 5.92 Å². The molecule has 1 aliphatic rings. The minimum absolute atomic E-state index is 0.214. The zero-order valence-electron chi connectivity index (χ0n) is 7.32. The maximum atomic E-state index is 11.0. The van der Waals surface area contributed by atoms with Gasteiger partial charge in [0, 0.05) is 12.5 Å². The topological polar surface area (TPSA) is 50.4 Å². The van der Waals surface area contributed by atoms with Crippen molar-refractivity contribution in [3.8, 4) is 5.75 Å². The largest absolute Gasteiger partial charge is 0.502 e. The first-order valence-electron chi connectivity index (χ1n) is 4.57. The summed E-state index contributed by atoms with van der Waals surface area (Å²) < 4.78 is 5.10. The van der Waals surface area contributed by atoms with Gasteiger partial charge in [0.15, 0.2) is 0 Å².